The van der Waals surface area contributed by atoms with Crippen LogP contribution in [0, 0.1) is 10.1 Å². The van der Waals surface area contributed by atoms with Crippen molar-refractivity contribution in [2.75, 3.05) is 66.6 Å². The number of nitro benzene ring substituents is 1. The van der Waals surface area contributed by atoms with Gasteiger partial charge in [0.15, 0.2) is 5.82 Å². The van der Waals surface area contributed by atoms with Gasteiger partial charge in [-0.2, -0.15) is 0 Å². The highest BCUT2D eigenvalue weighted by Crippen LogP contribution is 2.37. The lowest BCUT2D eigenvalue weighted by atomic mass is 9.82. The third kappa shape index (κ3) is 10.5. The molecule has 0 saturated carbocycles. The monoisotopic (exact) mass is 857 g/mol. The van der Waals surface area contributed by atoms with E-state index in [1.807, 2.05) is 54.6 Å². The van der Waals surface area contributed by atoms with Gasteiger partial charge in [0.25, 0.3) is 15.7 Å². The van der Waals surface area contributed by atoms with Crippen molar-refractivity contribution in [3.8, 4) is 11.1 Å². The van der Waals surface area contributed by atoms with Crippen LogP contribution in [-0.2, 0) is 21.2 Å². The van der Waals surface area contributed by atoms with Crippen molar-refractivity contribution < 1.29 is 18.1 Å². The van der Waals surface area contributed by atoms with E-state index in [1.54, 1.807) is 11.8 Å². The maximum Gasteiger partial charge on any atom is 0.293 e. The van der Waals surface area contributed by atoms with Crippen LogP contribution in [-0.4, -0.2) is 85.4 Å². The molecule has 316 valence electrons. The van der Waals surface area contributed by atoms with E-state index in [-0.39, 0.29) is 27.7 Å². The zero-order valence-electron chi connectivity index (χ0n) is 34.1. The normalized spacial score (nSPS) is 15.7. The third-order valence-electron chi connectivity index (χ3n) is 11.7. The van der Waals surface area contributed by atoms with Crippen molar-refractivity contribution in [1.29, 1.82) is 0 Å². The summed E-state index contributed by atoms with van der Waals surface area (Å²) < 4.78 is 36.9. The summed E-state index contributed by atoms with van der Waals surface area (Å²) in [6, 6.07) is 38.7. The fourth-order valence-electron chi connectivity index (χ4n) is 8.40. The van der Waals surface area contributed by atoms with Gasteiger partial charge in [0, 0.05) is 60.4 Å². The Labute approximate surface area is 362 Å². The molecule has 0 amide bonds. The van der Waals surface area contributed by atoms with E-state index in [1.165, 1.54) is 54.4 Å². The molecular formula is C47H51N7O5S2. The third-order valence-corrected chi connectivity index (χ3v) is 14.0. The predicted molar refractivity (Wildman–Crippen MR) is 245 cm³/mol. The maximum atomic E-state index is 13.7. The number of benzene rings is 5. The fraction of sp³-hybridized carbons (Fsp3) is 0.319. The number of nitrogens with one attached hydrogen (secondary N) is 2. The van der Waals surface area contributed by atoms with Crippen molar-refractivity contribution in [2.24, 2.45) is 0 Å². The van der Waals surface area contributed by atoms with Crippen LogP contribution >= 0.6 is 11.8 Å². The lowest BCUT2D eigenvalue weighted by Crippen LogP contribution is -2.48. The van der Waals surface area contributed by atoms with Crippen LogP contribution in [0.15, 0.2) is 137 Å². The molecule has 2 aliphatic rings. The van der Waals surface area contributed by atoms with E-state index in [2.05, 4.69) is 78.3 Å². The zero-order chi connectivity index (χ0) is 42.1. The summed E-state index contributed by atoms with van der Waals surface area (Å²) >= 11 is 1.62. The molecule has 2 saturated heterocycles. The molecule has 2 fully saturated rings. The number of hydrogen-bond donors (Lipinski definition) is 2. The average Bonchev–Trinajstić information content (AvgIpc) is 3.29. The first kappa shape index (κ1) is 42.2. The summed E-state index contributed by atoms with van der Waals surface area (Å²) in [5.41, 5.74) is 4.87. The molecule has 1 aromatic heterocycles. The second-order valence-electron chi connectivity index (χ2n) is 15.7. The molecule has 0 aliphatic carbocycles. The fourth-order valence-corrected chi connectivity index (χ4v) is 10.2. The van der Waals surface area contributed by atoms with Crippen molar-refractivity contribution in [3.05, 3.63) is 143 Å². The summed E-state index contributed by atoms with van der Waals surface area (Å²) in [6.45, 7) is 5.93. The molecule has 61 heavy (non-hydrogen) atoms. The highest BCUT2D eigenvalue weighted by molar-refractivity contribution is 7.99. The van der Waals surface area contributed by atoms with Gasteiger partial charge in [-0.1, -0.05) is 79.2 Å². The molecule has 2 aliphatic heterocycles. The van der Waals surface area contributed by atoms with Crippen LogP contribution in [0.2, 0.25) is 0 Å². The van der Waals surface area contributed by atoms with Crippen molar-refractivity contribution in [1.82, 2.24) is 14.9 Å². The quantitative estimate of drug-likeness (QED) is 0.0392. The summed E-state index contributed by atoms with van der Waals surface area (Å²) in [6.07, 6.45) is 7.64. The number of sulfonamides is 1. The smallest absolute Gasteiger partial charge is 0.293 e. The second kappa shape index (κ2) is 19.4. The molecule has 6 aromatic rings. The Morgan fingerprint density at radius 3 is 2.33 bits per heavy atom. The van der Waals surface area contributed by atoms with Crippen LogP contribution in [0.3, 0.4) is 0 Å². The molecule has 0 unspecified atom stereocenters. The minimum atomic E-state index is -4.25. The molecule has 0 spiro atoms. The van der Waals surface area contributed by atoms with Crippen molar-refractivity contribution in [3.63, 3.8) is 0 Å². The minimum absolute atomic E-state index is 0.0937. The van der Waals surface area contributed by atoms with Crippen LogP contribution in [0.5, 0.6) is 0 Å². The molecule has 0 radical (unpaired) electrons. The van der Waals surface area contributed by atoms with Gasteiger partial charge in [0.05, 0.1) is 27.5 Å². The summed E-state index contributed by atoms with van der Waals surface area (Å²) in [5, 5.41) is 15.7. The van der Waals surface area contributed by atoms with Crippen LogP contribution in [0.4, 0.5) is 22.9 Å². The Hall–Kier alpha value is -5.54. The number of likely N-dealkylation sites (tertiary alicyclic amines) is 1. The molecule has 3 heterocycles. The Balaban J connectivity index is 0.956. The number of nitro groups is 1. The van der Waals surface area contributed by atoms with Gasteiger partial charge in [-0.25, -0.2) is 18.4 Å². The lowest BCUT2D eigenvalue weighted by Gasteiger charge is -2.43. The minimum Gasteiger partial charge on any atom is -0.379 e. The molecular weight excluding hydrogens is 807 g/mol. The lowest BCUT2D eigenvalue weighted by molar-refractivity contribution is -0.384. The summed E-state index contributed by atoms with van der Waals surface area (Å²) in [5.74, 6) is 0.762. The zero-order valence-corrected chi connectivity index (χ0v) is 35.8. The van der Waals surface area contributed by atoms with Gasteiger partial charge in [0.1, 0.15) is 12.0 Å². The van der Waals surface area contributed by atoms with Gasteiger partial charge in [0.2, 0.25) is 0 Å². The first-order valence-electron chi connectivity index (χ1n) is 21.0. The molecule has 0 atom stereocenters. The van der Waals surface area contributed by atoms with Crippen molar-refractivity contribution >= 4 is 55.6 Å². The predicted octanol–water partition coefficient (Wildman–Crippen LogP) is 9.29. The van der Waals surface area contributed by atoms with Crippen LogP contribution in [0.1, 0.15) is 37.7 Å². The highest BCUT2D eigenvalue weighted by atomic mass is 32.2. The van der Waals surface area contributed by atoms with Gasteiger partial charge < -0.3 is 19.9 Å². The van der Waals surface area contributed by atoms with Gasteiger partial charge in [-0.15, -0.1) is 11.8 Å². The Morgan fingerprint density at radius 1 is 0.820 bits per heavy atom. The number of rotatable bonds is 17. The van der Waals surface area contributed by atoms with Crippen LogP contribution in [0.25, 0.3) is 22.0 Å². The first-order chi connectivity index (χ1) is 29.8. The molecule has 0 bridgehead atoms. The number of thioether (sulfide) groups is 1. The Bertz CT molecular complexity index is 2530. The first-order valence-corrected chi connectivity index (χ1v) is 23.4. The van der Waals surface area contributed by atoms with E-state index >= 15 is 0 Å². The average molecular weight is 858 g/mol. The number of aromatic nitrogens is 2. The molecule has 14 heteroatoms. The van der Waals surface area contributed by atoms with E-state index in [9.17, 15) is 18.5 Å². The number of fused-ring (bicyclic) bond motifs is 1. The number of nitrogens with zero attached hydrogens (tertiary/aromatic N) is 5. The Morgan fingerprint density at radius 2 is 1.56 bits per heavy atom. The van der Waals surface area contributed by atoms with Crippen LogP contribution < -0.4 is 14.9 Å². The second-order valence-corrected chi connectivity index (χ2v) is 18.5. The van der Waals surface area contributed by atoms with E-state index < -0.39 is 14.9 Å². The SMILES string of the molecule is O=[N+]([O-])c1cc(S(=O)(=O)Nc2ncnc3cc(N4CCC(Cc5ccccc5-c5ccccc5)(OCCN5CCCCC5)CC4)ccc23)ccc1NCCSc1ccccc1. The largest absolute Gasteiger partial charge is 0.379 e. The molecule has 12 nitrogen and oxygen atoms in total. The maximum absolute atomic E-state index is 13.7. The van der Waals surface area contributed by atoms with Gasteiger partial charge >= 0.3 is 0 Å². The van der Waals surface area contributed by atoms with E-state index in [4.69, 9.17) is 4.74 Å². The highest BCUT2D eigenvalue weighted by Gasteiger charge is 2.37. The van der Waals surface area contributed by atoms with Gasteiger partial charge in [-0.05, 0) is 97.9 Å². The Kier molecular flexibility index (Phi) is 13.4. The topological polar surface area (TPSA) is 143 Å². The molecule has 2 N–H and O–H groups in total. The number of ether oxygens (including phenoxy) is 1. The van der Waals surface area contributed by atoms with Gasteiger partial charge in [-0.3, -0.25) is 14.8 Å². The number of hydrogen-bond acceptors (Lipinski definition) is 11. The molecule has 5 aromatic carbocycles. The standard InChI is InChI=1S/C47H51N7O5S2/c55-54(56)45-33-40(19-21-43(45)48-24-31-60-39-15-6-2-7-16-39)61(57,58)51-46-42-20-18-38(32-44(42)49-35-50-46)53-27-22-47(23-28-53,59-30-29-52-25-10-3-11-26-52)34-37-14-8-9-17-41(37)36-12-4-1-5-13-36/h1-2,4-9,12-21,32-33,35,48H,3,10-11,22-31,34H2,(H,49,50,51). The van der Waals surface area contributed by atoms with Crippen molar-refractivity contribution in [2.45, 2.75) is 53.9 Å². The number of anilines is 3. The summed E-state index contributed by atoms with van der Waals surface area (Å²) in [7, 11) is -4.25. The van der Waals surface area contributed by atoms with E-state index in [0.717, 1.165) is 68.6 Å². The molecule has 8 rings (SSSR count). The van der Waals surface area contributed by atoms with E-state index in [0.29, 0.717) is 29.8 Å². The summed E-state index contributed by atoms with van der Waals surface area (Å²) in [4.78, 5) is 26.0. The number of piperidine rings is 2.